The second-order valence-corrected chi connectivity index (χ2v) is 8.36. The number of nitrogens with two attached hydrogens (primary N) is 1. The molecule has 35 heavy (non-hydrogen) atoms. The number of benzene rings is 2. The molecular weight excluding hydrogens is 466 g/mol. The number of Topliss-reactive ketones (excluding diaryl/α,β-unsaturated/α-hetero) is 1. The van der Waals surface area contributed by atoms with Crippen LogP contribution in [0.25, 0.3) is 10.9 Å². The van der Waals surface area contributed by atoms with E-state index in [1.54, 1.807) is 56.3 Å². The number of aliphatic imine (C=N–C) groups is 1. The van der Waals surface area contributed by atoms with Gasteiger partial charge in [-0.3, -0.25) is 9.79 Å². The van der Waals surface area contributed by atoms with Crippen molar-refractivity contribution in [2.45, 2.75) is 39.0 Å². The zero-order valence-electron chi connectivity index (χ0n) is 20.5. The zero-order chi connectivity index (χ0) is 26.4. The van der Waals surface area contributed by atoms with E-state index in [1.165, 1.54) is 30.7 Å². The monoisotopic (exact) mass is 499 g/mol. The van der Waals surface area contributed by atoms with Crippen LogP contribution in [0.2, 0.25) is 0 Å². The molecule has 188 valence electrons. The van der Waals surface area contributed by atoms with E-state index in [0.717, 1.165) is 3.97 Å². The molecule has 0 atom stereocenters. The minimum atomic E-state index is -3.90. The molecule has 0 saturated carbocycles. The van der Waals surface area contributed by atoms with E-state index in [9.17, 15) is 13.2 Å². The summed E-state index contributed by atoms with van der Waals surface area (Å²) in [6, 6.07) is 13.1. The molecule has 1 heterocycles. The standard InChI is InChI=1S/C23H22N2O4S.C2H6.CH5NO/c1-4-17(15-24-6-3)29-18-12-13-20-21(23(26)5-2)16-25(22(20)14-18)30(27,28)19-10-8-7-9-11-19;1-2;2-1-3/h4,6-16H,3,5H2,1-2H3;1-2H3;3H,1-2H2/b17-4+,24-15?;;. The number of hydrogen-bond acceptors (Lipinski definition) is 7. The van der Waals surface area contributed by atoms with Crippen LogP contribution >= 0.6 is 0 Å². The number of carbonyl (C=O) groups is 1. The van der Waals surface area contributed by atoms with Crippen molar-refractivity contribution < 1.29 is 23.1 Å². The highest BCUT2D eigenvalue weighted by Gasteiger charge is 2.23. The molecule has 1 aromatic heterocycles. The average Bonchev–Trinajstić information content (AvgIpc) is 3.28. The van der Waals surface area contributed by atoms with E-state index in [1.807, 2.05) is 13.8 Å². The third-order valence-corrected chi connectivity index (χ3v) is 6.18. The summed E-state index contributed by atoms with van der Waals surface area (Å²) < 4.78 is 33.5. The van der Waals surface area contributed by atoms with Crippen LogP contribution in [0.3, 0.4) is 0 Å². The van der Waals surface area contributed by atoms with Crippen LogP contribution in [0.15, 0.2) is 89.2 Å². The van der Waals surface area contributed by atoms with E-state index in [4.69, 9.17) is 9.84 Å². The number of allylic oxidation sites excluding steroid dienone is 2. The lowest BCUT2D eigenvalue weighted by atomic mass is 10.1. The van der Waals surface area contributed by atoms with Gasteiger partial charge in [-0.2, -0.15) is 0 Å². The number of hydrogen-bond donors (Lipinski definition) is 2. The number of ether oxygens (including phenoxy) is 1. The summed E-state index contributed by atoms with van der Waals surface area (Å²) in [5.74, 6) is 0.760. The van der Waals surface area contributed by atoms with Crippen LogP contribution in [-0.4, -0.2) is 36.2 Å². The number of aliphatic hydroxyl groups is 1. The summed E-state index contributed by atoms with van der Waals surface area (Å²) in [7, 11) is -3.90. The average molecular weight is 500 g/mol. The first kappa shape index (κ1) is 29.5. The topological polar surface area (TPSA) is 124 Å². The van der Waals surface area contributed by atoms with Crippen LogP contribution in [0, 0.1) is 0 Å². The molecule has 0 unspecified atom stereocenters. The Hall–Kier alpha value is -3.53. The van der Waals surface area contributed by atoms with E-state index in [2.05, 4.69) is 17.3 Å². The molecule has 0 aliphatic rings. The molecule has 0 saturated heterocycles. The summed E-state index contributed by atoms with van der Waals surface area (Å²) in [5, 5.41) is 7.90. The fourth-order valence-corrected chi connectivity index (χ4v) is 4.36. The maximum Gasteiger partial charge on any atom is 0.268 e. The fraction of sp³-hybridized carbons (Fsp3) is 0.231. The largest absolute Gasteiger partial charge is 0.456 e. The minimum absolute atomic E-state index is 0.135. The van der Waals surface area contributed by atoms with Crippen molar-refractivity contribution >= 4 is 32.9 Å². The Morgan fingerprint density at radius 2 is 1.83 bits per heavy atom. The molecular formula is C26H33N3O5S. The van der Waals surface area contributed by atoms with Gasteiger partial charge in [-0.25, -0.2) is 12.4 Å². The molecule has 9 heteroatoms. The third kappa shape index (κ3) is 7.48. The number of aromatic nitrogens is 1. The van der Waals surface area contributed by atoms with E-state index in [0.29, 0.717) is 28.0 Å². The van der Waals surface area contributed by atoms with Crippen LogP contribution in [0.4, 0.5) is 0 Å². The number of aliphatic hydroxyl groups excluding tert-OH is 1. The molecule has 0 amide bonds. The van der Waals surface area contributed by atoms with Gasteiger partial charge >= 0.3 is 0 Å². The normalized spacial score (nSPS) is 11.3. The van der Waals surface area contributed by atoms with Gasteiger partial charge in [0.05, 0.1) is 23.4 Å². The van der Waals surface area contributed by atoms with Crippen molar-refractivity contribution in [2.24, 2.45) is 10.7 Å². The third-order valence-electron chi connectivity index (χ3n) is 4.49. The summed E-state index contributed by atoms with van der Waals surface area (Å²) in [6.07, 6.45) is 6.27. The smallest absolute Gasteiger partial charge is 0.268 e. The SMILES string of the molecule is C=CN=C/C(=C\C)Oc1ccc2c(C(=O)CC)cn(S(=O)(=O)c3ccccc3)c2c1.CC.NCO. The minimum Gasteiger partial charge on any atom is -0.456 e. The zero-order valence-corrected chi connectivity index (χ0v) is 21.3. The number of fused-ring (bicyclic) bond motifs is 1. The Bertz CT molecular complexity index is 1280. The predicted molar refractivity (Wildman–Crippen MR) is 141 cm³/mol. The summed E-state index contributed by atoms with van der Waals surface area (Å²) in [4.78, 5) is 16.5. The first-order valence-electron chi connectivity index (χ1n) is 11.1. The highest BCUT2D eigenvalue weighted by Crippen LogP contribution is 2.30. The molecule has 8 nitrogen and oxygen atoms in total. The van der Waals surface area contributed by atoms with Crippen molar-refractivity contribution in [1.82, 2.24) is 3.97 Å². The number of nitrogens with zero attached hydrogens (tertiary/aromatic N) is 2. The van der Waals surface area contributed by atoms with Crippen LogP contribution in [0.1, 0.15) is 44.5 Å². The maximum absolute atomic E-state index is 13.3. The second-order valence-electron chi connectivity index (χ2n) is 6.55. The molecule has 3 rings (SSSR count). The van der Waals surface area contributed by atoms with E-state index >= 15 is 0 Å². The lowest BCUT2D eigenvalue weighted by Gasteiger charge is -2.09. The van der Waals surface area contributed by atoms with Gasteiger partial charge in [0.15, 0.2) is 5.78 Å². The quantitative estimate of drug-likeness (QED) is 0.197. The van der Waals surface area contributed by atoms with Crippen molar-refractivity contribution in [1.29, 1.82) is 0 Å². The van der Waals surface area contributed by atoms with Crippen molar-refractivity contribution in [3.63, 3.8) is 0 Å². The van der Waals surface area contributed by atoms with Crippen molar-refractivity contribution in [3.05, 3.63) is 84.9 Å². The van der Waals surface area contributed by atoms with Crippen molar-refractivity contribution in [3.8, 4) is 5.75 Å². The fourth-order valence-electron chi connectivity index (χ4n) is 2.98. The molecule has 0 aliphatic heterocycles. The molecule has 2 aromatic carbocycles. The van der Waals surface area contributed by atoms with Gasteiger partial charge in [0.2, 0.25) is 0 Å². The molecule has 0 spiro atoms. The van der Waals surface area contributed by atoms with Crippen molar-refractivity contribution in [2.75, 3.05) is 6.73 Å². The second kappa shape index (κ2) is 14.7. The van der Waals surface area contributed by atoms with Crippen LogP contribution < -0.4 is 10.5 Å². The van der Waals surface area contributed by atoms with Gasteiger partial charge in [-0.15, -0.1) is 0 Å². The van der Waals surface area contributed by atoms with Gasteiger partial charge in [-0.05, 0) is 37.3 Å². The Morgan fingerprint density at radius 3 is 2.37 bits per heavy atom. The molecule has 0 bridgehead atoms. The molecule has 0 radical (unpaired) electrons. The predicted octanol–water partition coefficient (Wildman–Crippen LogP) is 4.89. The highest BCUT2D eigenvalue weighted by molar-refractivity contribution is 7.90. The Labute approximate surface area is 207 Å². The Morgan fingerprint density at radius 1 is 1.20 bits per heavy atom. The Balaban J connectivity index is 0.00000114. The molecule has 0 aliphatic carbocycles. The lowest BCUT2D eigenvalue weighted by molar-refractivity contribution is 0.0989. The van der Waals surface area contributed by atoms with Crippen LogP contribution in [-0.2, 0) is 10.0 Å². The van der Waals surface area contributed by atoms with Gasteiger partial charge in [0, 0.05) is 35.8 Å². The number of rotatable bonds is 8. The summed E-state index contributed by atoms with van der Waals surface area (Å²) in [5.41, 5.74) is 5.13. The van der Waals surface area contributed by atoms with E-state index in [-0.39, 0.29) is 23.8 Å². The Kier molecular flexibility index (Phi) is 12.4. The molecule has 3 aromatic rings. The number of ketones is 1. The summed E-state index contributed by atoms with van der Waals surface area (Å²) in [6.45, 7) is 10.8. The molecule has 3 N–H and O–H groups in total. The lowest BCUT2D eigenvalue weighted by Crippen LogP contribution is -2.12. The maximum atomic E-state index is 13.3. The van der Waals surface area contributed by atoms with Gasteiger partial charge < -0.3 is 15.6 Å². The van der Waals surface area contributed by atoms with Gasteiger partial charge in [0.1, 0.15) is 11.5 Å². The first-order valence-corrected chi connectivity index (χ1v) is 12.6. The van der Waals surface area contributed by atoms with E-state index < -0.39 is 10.0 Å². The molecule has 0 fully saturated rings. The van der Waals surface area contributed by atoms with Gasteiger partial charge in [0.25, 0.3) is 10.0 Å². The number of carbonyl (C=O) groups excluding carboxylic acids is 1. The highest BCUT2D eigenvalue weighted by atomic mass is 32.2. The first-order chi connectivity index (χ1) is 16.8. The van der Waals surface area contributed by atoms with Crippen LogP contribution in [0.5, 0.6) is 5.75 Å². The summed E-state index contributed by atoms with van der Waals surface area (Å²) >= 11 is 0. The van der Waals surface area contributed by atoms with Gasteiger partial charge in [-0.1, -0.05) is 45.5 Å².